The lowest BCUT2D eigenvalue weighted by Crippen LogP contribution is -2.42. The Labute approximate surface area is 174 Å². The molecule has 156 valence electrons. The van der Waals surface area contributed by atoms with E-state index >= 15 is 0 Å². The van der Waals surface area contributed by atoms with Crippen LogP contribution in [0.4, 0.5) is 0 Å². The van der Waals surface area contributed by atoms with Crippen molar-refractivity contribution in [3.8, 4) is 5.75 Å². The second-order valence-corrected chi connectivity index (χ2v) is 6.70. The number of rotatable bonds is 9. The van der Waals surface area contributed by atoms with Gasteiger partial charge < -0.3 is 15.4 Å². The lowest BCUT2D eigenvalue weighted by Gasteiger charge is -2.13. The first kappa shape index (κ1) is 21.0. The van der Waals surface area contributed by atoms with Crippen LogP contribution in [-0.4, -0.2) is 54.8 Å². The lowest BCUT2D eigenvalue weighted by molar-refractivity contribution is -0.122. The number of carbonyl (C=O) groups excluding carboxylic acids is 4. The van der Waals surface area contributed by atoms with Gasteiger partial charge in [-0.25, -0.2) is 0 Å². The van der Waals surface area contributed by atoms with Gasteiger partial charge in [-0.1, -0.05) is 24.3 Å². The molecule has 1 aliphatic rings. The predicted octanol–water partition coefficient (Wildman–Crippen LogP) is 1.16. The smallest absolute Gasteiger partial charge is 0.262 e. The molecule has 0 fully saturated rings. The third kappa shape index (κ3) is 5.02. The molecule has 1 heterocycles. The Kier molecular flexibility index (Phi) is 6.79. The van der Waals surface area contributed by atoms with Crippen molar-refractivity contribution >= 4 is 23.6 Å². The fourth-order valence-electron chi connectivity index (χ4n) is 3.10. The van der Waals surface area contributed by atoms with Crippen LogP contribution in [0, 0.1) is 0 Å². The molecule has 0 unspecified atom stereocenters. The standard InChI is InChI=1S/C22H23N3O5/c1-2-30-16-9-7-15(8-10-16)13-19(26)23-11-12-24-20(27)14-25-21(28)17-5-3-4-6-18(17)22(25)29/h3-10H,2,11-14H2,1H3,(H,23,26)(H,24,27). The Balaban J connectivity index is 1.37. The first-order chi connectivity index (χ1) is 14.5. The minimum absolute atomic E-state index is 0.172. The Bertz CT molecular complexity index is 921. The number of fused-ring (bicyclic) bond motifs is 1. The molecule has 1 aliphatic heterocycles. The topological polar surface area (TPSA) is 105 Å². The van der Waals surface area contributed by atoms with E-state index in [1.54, 1.807) is 24.3 Å². The van der Waals surface area contributed by atoms with Crippen molar-refractivity contribution in [2.24, 2.45) is 0 Å². The van der Waals surface area contributed by atoms with Gasteiger partial charge in [0.2, 0.25) is 11.8 Å². The van der Waals surface area contributed by atoms with Crippen LogP contribution < -0.4 is 15.4 Å². The molecule has 0 aliphatic carbocycles. The van der Waals surface area contributed by atoms with Gasteiger partial charge in [0.1, 0.15) is 12.3 Å². The van der Waals surface area contributed by atoms with Gasteiger partial charge in [-0.15, -0.1) is 0 Å². The van der Waals surface area contributed by atoms with Gasteiger partial charge in [-0.2, -0.15) is 0 Å². The number of ether oxygens (including phenoxy) is 1. The quantitative estimate of drug-likeness (QED) is 0.478. The largest absolute Gasteiger partial charge is 0.494 e. The zero-order valence-corrected chi connectivity index (χ0v) is 16.6. The van der Waals surface area contributed by atoms with E-state index in [1.807, 2.05) is 31.2 Å². The monoisotopic (exact) mass is 409 g/mol. The van der Waals surface area contributed by atoms with Crippen LogP contribution in [0.3, 0.4) is 0 Å². The molecule has 2 aromatic carbocycles. The number of amides is 4. The third-order valence-corrected chi connectivity index (χ3v) is 4.55. The third-order valence-electron chi connectivity index (χ3n) is 4.55. The Morgan fingerprint density at radius 3 is 2.00 bits per heavy atom. The summed E-state index contributed by atoms with van der Waals surface area (Å²) in [5, 5.41) is 5.32. The molecule has 4 amide bonds. The van der Waals surface area contributed by atoms with Gasteiger partial charge in [0.05, 0.1) is 24.2 Å². The molecular formula is C22H23N3O5. The summed E-state index contributed by atoms with van der Waals surface area (Å²) in [5.74, 6) is -0.842. The van der Waals surface area contributed by atoms with E-state index in [0.29, 0.717) is 17.7 Å². The SMILES string of the molecule is CCOc1ccc(CC(=O)NCCNC(=O)CN2C(=O)c3ccccc3C2=O)cc1. The summed E-state index contributed by atoms with van der Waals surface area (Å²) in [6.45, 7) is 2.56. The van der Waals surface area contributed by atoms with E-state index in [1.165, 1.54) is 0 Å². The highest BCUT2D eigenvalue weighted by molar-refractivity contribution is 6.22. The maximum Gasteiger partial charge on any atom is 0.262 e. The van der Waals surface area contributed by atoms with Crippen molar-refractivity contribution in [3.05, 3.63) is 65.2 Å². The Morgan fingerprint density at radius 2 is 1.43 bits per heavy atom. The number of benzene rings is 2. The number of nitrogens with zero attached hydrogens (tertiary/aromatic N) is 1. The van der Waals surface area contributed by atoms with Crippen molar-refractivity contribution in [3.63, 3.8) is 0 Å². The van der Waals surface area contributed by atoms with Crippen LogP contribution in [0.25, 0.3) is 0 Å². The van der Waals surface area contributed by atoms with Crippen LogP contribution in [0.2, 0.25) is 0 Å². The zero-order valence-electron chi connectivity index (χ0n) is 16.6. The van der Waals surface area contributed by atoms with E-state index in [9.17, 15) is 19.2 Å². The van der Waals surface area contributed by atoms with Crippen molar-refractivity contribution in [1.29, 1.82) is 0 Å². The maximum absolute atomic E-state index is 12.3. The highest BCUT2D eigenvalue weighted by atomic mass is 16.5. The van der Waals surface area contributed by atoms with Crippen LogP contribution in [0.15, 0.2) is 48.5 Å². The van der Waals surface area contributed by atoms with Crippen LogP contribution in [0.5, 0.6) is 5.75 Å². The molecule has 0 radical (unpaired) electrons. The number of imide groups is 1. The first-order valence-electron chi connectivity index (χ1n) is 9.70. The van der Waals surface area contributed by atoms with E-state index in [2.05, 4.69) is 10.6 Å². The molecule has 0 atom stereocenters. The van der Waals surface area contributed by atoms with Gasteiger partial charge in [-0.05, 0) is 36.8 Å². The maximum atomic E-state index is 12.3. The fraction of sp³-hybridized carbons (Fsp3) is 0.273. The molecule has 0 saturated heterocycles. The van der Waals surface area contributed by atoms with E-state index in [4.69, 9.17) is 4.74 Å². The molecule has 2 N–H and O–H groups in total. The zero-order chi connectivity index (χ0) is 21.5. The van der Waals surface area contributed by atoms with Gasteiger partial charge in [0.25, 0.3) is 11.8 Å². The highest BCUT2D eigenvalue weighted by Gasteiger charge is 2.36. The lowest BCUT2D eigenvalue weighted by atomic mass is 10.1. The number of carbonyl (C=O) groups is 4. The van der Waals surface area contributed by atoms with E-state index in [-0.39, 0.29) is 32.0 Å². The average molecular weight is 409 g/mol. The minimum atomic E-state index is -0.477. The molecule has 0 bridgehead atoms. The predicted molar refractivity (Wildman–Crippen MR) is 109 cm³/mol. The van der Waals surface area contributed by atoms with E-state index < -0.39 is 17.7 Å². The molecule has 0 saturated carbocycles. The van der Waals surface area contributed by atoms with Crippen molar-refractivity contribution < 1.29 is 23.9 Å². The molecular weight excluding hydrogens is 386 g/mol. The molecule has 8 nitrogen and oxygen atoms in total. The first-order valence-corrected chi connectivity index (χ1v) is 9.70. The number of hydrogen-bond donors (Lipinski definition) is 2. The average Bonchev–Trinajstić information content (AvgIpc) is 2.98. The summed E-state index contributed by atoms with van der Waals surface area (Å²) < 4.78 is 5.36. The Hall–Kier alpha value is -3.68. The summed E-state index contributed by atoms with van der Waals surface area (Å²) in [6.07, 6.45) is 0.218. The van der Waals surface area contributed by atoms with Crippen LogP contribution in [0.1, 0.15) is 33.2 Å². The fourth-order valence-corrected chi connectivity index (χ4v) is 3.10. The molecule has 8 heteroatoms. The molecule has 0 spiro atoms. The molecule has 0 aromatic heterocycles. The summed E-state index contributed by atoms with van der Waals surface area (Å²) in [5.41, 5.74) is 1.46. The van der Waals surface area contributed by atoms with Gasteiger partial charge in [0, 0.05) is 13.1 Å². The van der Waals surface area contributed by atoms with Crippen molar-refractivity contribution in [1.82, 2.24) is 15.5 Å². The van der Waals surface area contributed by atoms with Crippen LogP contribution in [-0.2, 0) is 16.0 Å². The van der Waals surface area contributed by atoms with Crippen molar-refractivity contribution in [2.75, 3.05) is 26.2 Å². The summed E-state index contributed by atoms with van der Waals surface area (Å²) >= 11 is 0. The second kappa shape index (κ2) is 9.69. The van der Waals surface area contributed by atoms with Crippen LogP contribution >= 0.6 is 0 Å². The van der Waals surface area contributed by atoms with Gasteiger partial charge >= 0.3 is 0 Å². The highest BCUT2D eigenvalue weighted by Crippen LogP contribution is 2.21. The number of hydrogen-bond acceptors (Lipinski definition) is 5. The molecule has 3 rings (SSSR count). The molecule has 2 aromatic rings. The summed E-state index contributed by atoms with van der Waals surface area (Å²) in [4.78, 5) is 49.5. The minimum Gasteiger partial charge on any atom is -0.494 e. The summed E-state index contributed by atoms with van der Waals surface area (Å²) in [7, 11) is 0. The number of nitrogens with one attached hydrogen (secondary N) is 2. The molecule has 30 heavy (non-hydrogen) atoms. The second-order valence-electron chi connectivity index (χ2n) is 6.70. The van der Waals surface area contributed by atoms with Crippen molar-refractivity contribution in [2.45, 2.75) is 13.3 Å². The van der Waals surface area contributed by atoms with Gasteiger partial charge in [0.15, 0.2) is 0 Å². The Morgan fingerprint density at radius 1 is 0.867 bits per heavy atom. The van der Waals surface area contributed by atoms with E-state index in [0.717, 1.165) is 16.2 Å². The summed E-state index contributed by atoms with van der Waals surface area (Å²) in [6, 6.07) is 13.7. The van der Waals surface area contributed by atoms with Gasteiger partial charge in [-0.3, -0.25) is 24.1 Å². The normalized spacial score (nSPS) is 12.5.